The number of aromatic nitrogens is 2. The Morgan fingerprint density at radius 3 is 2.55 bits per heavy atom. The molecule has 1 heterocycles. The van der Waals surface area contributed by atoms with Crippen LogP contribution in [0.4, 0.5) is 10.1 Å². The van der Waals surface area contributed by atoms with E-state index in [2.05, 4.69) is 15.7 Å². The molecule has 0 atom stereocenters. The van der Waals surface area contributed by atoms with Gasteiger partial charge in [-0.15, -0.1) is 0 Å². The highest BCUT2D eigenvalue weighted by Gasteiger charge is 2.24. The number of anilines is 1. The van der Waals surface area contributed by atoms with E-state index >= 15 is 0 Å². The summed E-state index contributed by atoms with van der Waals surface area (Å²) < 4.78 is 14.5. The van der Waals surface area contributed by atoms with Gasteiger partial charge in [-0.2, -0.15) is 5.10 Å². The van der Waals surface area contributed by atoms with Crippen LogP contribution in [0.15, 0.2) is 48.5 Å². The number of amides is 2. The van der Waals surface area contributed by atoms with E-state index < -0.39 is 5.91 Å². The van der Waals surface area contributed by atoms with Crippen molar-refractivity contribution < 1.29 is 14.0 Å². The molecule has 2 N–H and O–H groups in total. The average molecular weight is 413 g/mol. The first-order valence-electron chi connectivity index (χ1n) is 9.15. The normalized spacial score (nSPS) is 13.2. The number of carbonyl (C=O) groups excluding carboxylic acids is 2. The highest BCUT2D eigenvalue weighted by atomic mass is 35.5. The second kappa shape index (κ2) is 7.67. The smallest absolute Gasteiger partial charge is 0.260 e. The Morgan fingerprint density at radius 2 is 1.86 bits per heavy atom. The number of benzene rings is 2. The summed E-state index contributed by atoms with van der Waals surface area (Å²) in [5.41, 5.74) is 2.13. The van der Waals surface area contributed by atoms with E-state index in [0.717, 1.165) is 12.8 Å². The van der Waals surface area contributed by atoms with Crippen LogP contribution < -0.4 is 10.6 Å². The molecule has 4 rings (SSSR count). The van der Waals surface area contributed by atoms with Gasteiger partial charge in [0, 0.05) is 17.3 Å². The standard InChI is InChI=1S/C21H18ClFN4O2/c1-12-18(19(22)27(26-12)17-9-5-14(23)6-10-17)21(29)25-16-4-2-3-13(11-16)20(28)24-15-7-8-15/h2-6,9-11,15H,7-8H2,1H3,(H,24,28)(H,25,29). The fourth-order valence-corrected chi connectivity index (χ4v) is 3.30. The van der Waals surface area contributed by atoms with Crippen molar-refractivity contribution >= 4 is 29.1 Å². The number of nitrogens with zero attached hydrogens (tertiary/aromatic N) is 2. The lowest BCUT2D eigenvalue weighted by atomic mass is 10.1. The minimum Gasteiger partial charge on any atom is -0.349 e. The summed E-state index contributed by atoms with van der Waals surface area (Å²) in [4.78, 5) is 25.0. The topological polar surface area (TPSA) is 76.0 Å². The average Bonchev–Trinajstić information content (AvgIpc) is 3.45. The van der Waals surface area contributed by atoms with Crippen LogP contribution >= 0.6 is 11.6 Å². The molecule has 6 nitrogen and oxygen atoms in total. The lowest BCUT2D eigenvalue weighted by molar-refractivity contribution is 0.0949. The minimum absolute atomic E-state index is 0.120. The highest BCUT2D eigenvalue weighted by Crippen LogP contribution is 2.25. The predicted molar refractivity (Wildman–Crippen MR) is 108 cm³/mol. The summed E-state index contributed by atoms with van der Waals surface area (Å²) >= 11 is 6.39. The van der Waals surface area contributed by atoms with Crippen molar-refractivity contribution in [1.82, 2.24) is 15.1 Å². The molecule has 1 aliphatic rings. The second-order valence-corrected chi connectivity index (χ2v) is 7.28. The largest absolute Gasteiger partial charge is 0.349 e. The van der Waals surface area contributed by atoms with Gasteiger partial charge in [-0.1, -0.05) is 17.7 Å². The zero-order valence-corrected chi connectivity index (χ0v) is 16.3. The Hall–Kier alpha value is -3.19. The van der Waals surface area contributed by atoms with Gasteiger partial charge in [0.05, 0.1) is 11.4 Å². The molecule has 1 saturated carbocycles. The molecule has 0 bridgehead atoms. The number of hydrogen-bond donors (Lipinski definition) is 2. The molecule has 29 heavy (non-hydrogen) atoms. The fraction of sp³-hybridized carbons (Fsp3) is 0.190. The first-order valence-corrected chi connectivity index (χ1v) is 9.53. The first kappa shape index (κ1) is 19.1. The van der Waals surface area contributed by atoms with Crippen LogP contribution in [0.3, 0.4) is 0 Å². The maximum Gasteiger partial charge on any atom is 0.260 e. The van der Waals surface area contributed by atoms with Gasteiger partial charge in [0.2, 0.25) is 0 Å². The maximum absolute atomic E-state index is 13.2. The molecule has 0 unspecified atom stereocenters. The molecule has 1 fully saturated rings. The molecule has 0 spiro atoms. The van der Waals surface area contributed by atoms with Crippen LogP contribution in [0.25, 0.3) is 5.69 Å². The van der Waals surface area contributed by atoms with Crippen molar-refractivity contribution in [2.24, 2.45) is 0 Å². The lowest BCUT2D eigenvalue weighted by Crippen LogP contribution is -2.25. The predicted octanol–water partition coefficient (Wildman–Crippen LogP) is 4.12. The van der Waals surface area contributed by atoms with Crippen LogP contribution in [0.1, 0.15) is 39.3 Å². The molecular formula is C21H18ClFN4O2. The van der Waals surface area contributed by atoms with Crippen LogP contribution in [-0.4, -0.2) is 27.6 Å². The SMILES string of the molecule is Cc1nn(-c2ccc(F)cc2)c(Cl)c1C(=O)Nc1cccc(C(=O)NC2CC2)c1. The van der Waals surface area contributed by atoms with Gasteiger partial charge >= 0.3 is 0 Å². The molecule has 0 aliphatic heterocycles. The summed E-state index contributed by atoms with van der Waals surface area (Å²) in [6.07, 6.45) is 2.00. The molecule has 2 amide bonds. The van der Waals surface area contributed by atoms with Crippen molar-refractivity contribution in [3.05, 3.63) is 76.3 Å². The number of hydrogen-bond acceptors (Lipinski definition) is 3. The molecule has 1 aliphatic carbocycles. The van der Waals surface area contributed by atoms with Gasteiger partial charge < -0.3 is 10.6 Å². The number of halogens is 2. The van der Waals surface area contributed by atoms with E-state index in [4.69, 9.17) is 11.6 Å². The fourth-order valence-electron chi connectivity index (χ4n) is 2.94. The van der Waals surface area contributed by atoms with Crippen molar-refractivity contribution in [1.29, 1.82) is 0 Å². The third-order valence-electron chi connectivity index (χ3n) is 4.60. The van der Waals surface area contributed by atoms with E-state index in [-0.39, 0.29) is 28.5 Å². The van der Waals surface area contributed by atoms with Gasteiger partial charge in [0.1, 0.15) is 16.5 Å². The van der Waals surface area contributed by atoms with Crippen molar-refractivity contribution in [3.63, 3.8) is 0 Å². The van der Waals surface area contributed by atoms with E-state index in [1.54, 1.807) is 31.2 Å². The summed E-state index contributed by atoms with van der Waals surface area (Å²) in [6.45, 7) is 1.67. The number of nitrogens with one attached hydrogen (secondary N) is 2. The zero-order valence-electron chi connectivity index (χ0n) is 15.6. The summed E-state index contributed by atoms with van der Waals surface area (Å²) in [7, 11) is 0. The maximum atomic E-state index is 13.2. The molecule has 0 saturated heterocycles. The number of aryl methyl sites for hydroxylation is 1. The van der Waals surface area contributed by atoms with E-state index in [0.29, 0.717) is 22.6 Å². The monoisotopic (exact) mass is 412 g/mol. The third-order valence-corrected chi connectivity index (χ3v) is 4.95. The van der Waals surface area contributed by atoms with Gasteiger partial charge in [0.15, 0.2) is 0 Å². The van der Waals surface area contributed by atoms with Crippen molar-refractivity contribution in [2.45, 2.75) is 25.8 Å². The summed E-state index contributed by atoms with van der Waals surface area (Å²) in [5.74, 6) is -0.986. The van der Waals surface area contributed by atoms with Gasteiger partial charge in [-0.3, -0.25) is 9.59 Å². The van der Waals surface area contributed by atoms with Crippen molar-refractivity contribution in [3.8, 4) is 5.69 Å². The van der Waals surface area contributed by atoms with E-state index in [1.807, 2.05) is 0 Å². The molecule has 3 aromatic rings. The van der Waals surface area contributed by atoms with Gasteiger partial charge in [0.25, 0.3) is 11.8 Å². The Balaban J connectivity index is 1.56. The Morgan fingerprint density at radius 1 is 1.14 bits per heavy atom. The van der Waals surface area contributed by atoms with Crippen LogP contribution in [0, 0.1) is 12.7 Å². The Kier molecular flexibility index (Phi) is 5.07. The van der Waals surface area contributed by atoms with Gasteiger partial charge in [-0.05, 0) is 62.2 Å². The second-order valence-electron chi connectivity index (χ2n) is 6.92. The quantitative estimate of drug-likeness (QED) is 0.662. The van der Waals surface area contributed by atoms with Crippen LogP contribution in [-0.2, 0) is 0 Å². The highest BCUT2D eigenvalue weighted by molar-refractivity contribution is 6.34. The van der Waals surface area contributed by atoms with Crippen molar-refractivity contribution in [2.75, 3.05) is 5.32 Å². The molecule has 148 valence electrons. The molecule has 2 aromatic carbocycles. The molecule has 0 radical (unpaired) electrons. The third kappa shape index (κ3) is 4.14. The van der Waals surface area contributed by atoms with E-state index in [1.165, 1.54) is 28.9 Å². The van der Waals surface area contributed by atoms with Gasteiger partial charge in [-0.25, -0.2) is 9.07 Å². The first-order chi connectivity index (χ1) is 13.9. The van der Waals surface area contributed by atoms with E-state index in [9.17, 15) is 14.0 Å². The molecule has 1 aromatic heterocycles. The lowest BCUT2D eigenvalue weighted by Gasteiger charge is -2.08. The summed E-state index contributed by atoms with van der Waals surface area (Å²) in [5, 5.41) is 10.1. The molecular weight excluding hydrogens is 395 g/mol. The summed E-state index contributed by atoms with van der Waals surface area (Å²) in [6, 6.07) is 12.6. The Bertz CT molecular complexity index is 1090. The molecule has 8 heteroatoms. The minimum atomic E-state index is -0.444. The van der Waals surface area contributed by atoms with Crippen LogP contribution in [0.5, 0.6) is 0 Å². The number of carbonyl (C=O) groups is 2. The Labute approximate surface area is 171 Å². The number of rotatable bonds is 5. The van der Waals surface area contributed by atoms with Crippen LogP contribution in [0.2, 0.25) is 5.15 Å². The zero-order chi connectivity index (χ0) is 20.5.